The number of carbonyl (C=O) groups is 1. The summed E-state index contributed by atoms with van der Waals surface area (Å²) in [5, 5.41) is 3.09. The maximum atomic E-state index is 12.6. The molecule has 2 aliphatic heterocycles. The molecule has 1 saturated heterocycles. The van der Waals surface area contributed by atoms with E-state index in [9.17, 15) is 4.79 Å². The normalized spacial score (nSPS) is 20.1. The standard InChI is InChI=1S/C28H36N8O/c1-18-12-19-4-5-20(22-14-24(34(3)16-22)27(37)30-23-6-7-23)13-21(19)17-36(18)26-15-25(31-28(29)32-26)35-10-8-33(2)9-11-35/h4-5,13-16,18,23H,6-12,17H2,1-3H3,(H,30,37)(H2,29,31,32). The van der Waals surface area contributed by atoms with Gasteiger partial charge in [-0.2, -0.15) is 9.97 Å². The van der Waals surface area contributed by atoms with E-state index in [4.69, 9.17) is 5.73 Å². The van der Waals surface area contributed by atoms with E-state index in [0.717, 1.165) is 74.7 Å². The molecule has 1 saturated carbocycles. The number of rotatable bonds is 5. The quantitative estimate of drug-likeness (QED) is 0.556. The molecule has 1 aliphatic carbocycles. The molecule has 1 aromatic carbocycles. The highest BCUT2D eigenvalue weighted by Gasteiger charge is 2.27. The summed E-state index contributed by atoms with van der Waals surface area (Å²) in [6.07, 6.45) is 5.14. The molecule has 6 rings (SSSR count). The number of aryl methyl sites for hydroxylation is 1. The lowest BCUT2D eigenvalue weighted by atomic mass is 9.92. The summed E-state index contributed by atoms with van der Waals surface area (Å²) < 4.78 is 1.92. The fourth-order valence-corrected chi connectivity index (χ4v) is 5.45. The molecule has 0 radical (unpaired) electrons. The van der Waals surface area contributed by atoms with Crippen LogP contribution in [0.4, 0.5) is 17.6 Å². The van der Waals surface area contributed by atoms with Gasteiger partial charge in [-0.25, -0.2) is 0 Å². The van der Waals surface area contributed by atoms with Gasteiger partial charge < -0.3 is 30.3 Å². The van der Waals surface area contributed by atoms with E-state index in [1.807, 2.05) is 23.9 Å². The average molecular weight is 501 g/mol. The Morgan fingerprint density at radius 3 is 2.49 bits per heavy atom. The molecular weight excluding hydrogens is 464 g/mol. The molecule has 4 heterocycles. The molecule has 3 aliphatic rings. The number of nitrogens with two attached hydrogens (primary N) is 1. The number of benzene rings is 1. The molecule has 0 spiro atoms. The van der Waals surface area contributed by atoms with E-state index in [0.29, 0.717) is 23.7 Å². The zero-order valence-electron chi connectivity index (χ0n) is 21.9. The topological polar surface area (TPSA) is 95.6 Å². The third-order valence-electron chi connectivity index (χ3n) is 7.92. The summed E-state index contributed by atoms with van der Waals surface area (Å²) >= 11 is 0. The maximum Gasteiger partial charge on any atom is 0.268 e. The minimum absolute atomic E-state index is 0.00622. The lowest BCUT2D eigenvalue weighted by Crippen LogP contribution is -2.45. The number of nitrogens with zero attached hydrogens (tertiary/aromatic N) is 6. The third-order valence-corrected chi connectivity index (χ3v) is 7.92. The molecule has 9 nitrogen and oxygen atoms in total. The predicted octanol–water partition coefficient (Wildman–Crippen LogP) is 2.66. The Morgan fingerprint density at radius 2 is 1.73 bits per heavy atom. The van der Waals surface area contributed by atoms with Crippen LogP contribution in [0.2, 0.25) is 0 Å². The van der Waals surface area contributed by atoms with Gasteiger partial charge in [-0.05, 0) is 62.1 Å². The first kappa shape index (κ1) is 23.8. The fraction of sp³-hybridized carbons (Fsp3) is 0.464. The molecule has 9 heteroatoms. The van der Waals surface area contributed by atoms with Crippen molar-refractivity contribution in [2.24, 2.45) is 7.05 Å². The van der Waals surface area contributed by atoms with Crippen molar-refractivity contribution in [2.45, 2.75) is 44.8 Å². The molecule has 3 N–H and O–H groups in total. The SMILES string of the molecule is CC1Cc2ccc(-c3cc(C(=O)NC4CC4)n(C)c3)cc2CN1c1cc(N2CCN(C)CC2)nc(N)n1. The molecule has 1 amide bonds. The van der Waals surface area contributed by atoms with Gasteiger partial charge in [0.2, 0.25) is 5.95 Å². The molecular formula is C28H36N8O. The number of anilines is 3. The Bertz CT molecular complexity index is 1320. The minimum Gasteiger partial charge on any atom is -0.368 e. The van der Waals surface area contributed by atoms with Crippen molar-refractivity contribution < 1.29 is 4.79 Å². The number of piperazine rings is 1. The molecule has 1 unspecified atom stereocenters. The lowest BCUT2D eigenvalue weighted by molar-refractivity contribution is 0.0943. The summed E-state index contributed by atoms with van der Waals surface area (Å²) in [6.45, 7) is 6.90. The van der Waals surface area contributed by atoms with Gasteiger partial charge in [0, 0.05) is 69.7 Å². The Labute approximate surface area is 218 Å². The van der Waals surface area contributed by atoms with Gasteiger partial charge in [-0.1, -0.05) is 12.1 Å². The first-order valence-electron chi connectivity index (χ1n) is 13.3. The van der Waals surface area contributed by atoms with Gasteiger partial charge in [0.15, 0.2) is 0 Å². The van der Waals surface area contributed by atoms with Crippen molar-refractivity contribution in [3.8, 4) is 11.1 Å². The Kier molecular flexibility index (Phi) is 6.03. The van der Waals surface area contributed by atoms with Crippen LogP contribution in [-0.2, 0) is 20.0 Å². The van der Waals surface area contributed by atoms with Crippen molar-refractivity contribution >= 4 is 23.5 Å². The molecule has 0 bridgehead atoms. The van der Waals surface area contributed by atoms with Crippen LogP contribution in [0.1, 0.15) is 41.4 Å². The van der Waals surface area contributed by atoms with E-state index in [-0.39, 0.29) is 5.91 Å². The van der Waals surface area contributed by atoms with Gasteiger partial charge in [-0.3, -0.25) is 4.79 Å². The minimum atomic E-state index is 0.00622. The second-order valence-electron chi connectivity index (χ2n) is 10.9. The Balaban J connectivity index is 1.26. The van der Waals surface area contributed by atoms with Crippen LogP contribution in [0, 0.1) is 0 Å². The number of nitrogen functional groups attached to an aromatic ring is 1. The number of likely N-dealkylation sites (N-methyl/N-ethyl adjacent to an activating group) is 1. The summed E-state index contributed by atoms with van der Waals surface area (Å²) in [4.78, 5) is 28.8. The van der Waals surface area contributed by atoms with E-state index in [1.54, 1.807) is 0 Å². The van der Waals surface area contributed by atoms with Crippen LogP contribution >= 0.6 is 0 Å². The molecule has 37 heavy (non-hydrogen) atoms. The largest absolute Gasteiger partial charge is 0.368 e. The highest BCUT2D eigenvalue weighted by molar-refractivity contribution is 5.94. The molecule has 2 aromatic heterocycles. The first-order chi connectivity index (χ1) is 17.8. The summed E-state index contributed by atoms with van der Waals surface area (Å²) in [7, 11) is 4.09. The number of hydrogen-bond acceptors (Lipinski definition) is 7. The number of fused-ring (bicyclic) bond motifs is 1. The lowest BCUT2D eigenvalue weighted by Gasteiger charge is -2.37. The second kappa shape index (κ2) is 9.37. The van der Waals surface area contributed by atoms with E-state index in [2.05, 4.69) is 68.2 Å². The van der Waals surface area contributed by atoms with Gasteiger partial charge in [0.25, 0.3) is 5.91 Å². The van der Waals surface area contributed by atoms with Crippen molar-refractivity contribution in [1.29, 1.82) is 0 Å². The van der Waals surface area contributed by atoms with Gasteiger partial charge in [-0.15, -0.1) is 0 Å². The number of carbonyl (C=O) groups excluding carboxylic acids is 1. The van der Waals surface area contributed by atoms with Gasteiger partial charge >= 0.3 is 0 Å². The van der Waals surface area contributed by atoms with Crippen molar-refractivity contribution in [1.82, 2.24) is 24.8 Å². The summed E-state index contributed by atoms with van der Waals surface area (Å²) in [5.41, 5.74) is 11.7. The van der Waals surface area contributed by atoms with Crippen molar-refractivity contribution in [2.75, 3.05) is 48.8 Å². The summed E-state index contributed by atoms with van der Waals surface area (Å²) in [6, 6.07) is 11.4. The van der Waals surface area contributed by atoms with Gasteiger partial charge in [0.1, 0.15) is 17.3 Å². The van der Waals surface area contributed by atoms with Crippen LogP contribution < -0.4 is 20.9 Å². The fourth-order valence-electron chi connectivity index (χ4n) is 5.45. The van der Waals surface area contributed by atoms with E-state index < -0.39 is 0 Å². The second-order valence-corrected chi connectivity index (χ2v) is 10.9. The number of aromatic nitrogens is 3. The van der Waals surface area contributed by atoms with Crippen molar-refractivity contribution in [3.63, 3.8) is 0 Å². The third kappa shape index (κ3) is 4.87. The summed E-state index contributed by atoms with van der Waals surface area (Å²) in [5.74, 6) is 2.11. The van der Waals surface area contributed by atoms with Crippen LogP contribution in [-0.4, -0.2) is 70.7 Å². The van der Waals surface area contributed by atoms with Crippen LogP contribution in [0.3, 0.4) is 0 Å². The van der Waals surface area contributed by atoms with E-state index >= 15 is 0 Å². The van der Waals surface area contributed by atoms with Crippen LogP contribution in [0.15, 0.2) is 36.5 Å². The monoisotopic (exact) mass is 500 g/mol. The van der Waals surface area contributed by atoms with Gasteiger partial charge in [0.05, 0.1) is 0 Å². The van der Waals surface area contributed by atoms with Crippen LogP contribution in [0.5, 0.6) is 0 Å². The van der Waals surface area contributed by atoms with Crippen molar-refractivity contribution in [3.05, 3.63) is 53.3 Å². The highest BCUT2D eigenvalue weighted by Crippen LogP contribution is 2.33. The Morgan fingerprint density at radius 1 is 0.973 bits per heavy atom. The molecule has 3 aromatic rings. The predicted molar refractivity (Wildman–Crippen MR) is 147 cm³/mol. The molecule has 2 fully saturated rings. The number of nitrogens with one attached hydrogen (secondary N) is 1. The molecule has 194 valence electrons. The number of hydrogen-bond donors (Lipinski definition) is 2. The zero-order chi connectivity index (χ0) is 25.7. The first-order valence-corrected chi connectivity index (χ1v) is 13.3. The van der Waals surface area contributed by atoms with E-state index in [1.165, 1.54) is 11.1 Å². The highest BCUT2D eigenvalue weighted by atomic mass is 16.2. The maximum absolute atomic E-state index is 12.6. The average Bonchev–Trinajstić information content (AvgIpc) is 3.61. The molecule has 1 atom stereocenters. The van der Waals surface area contributed by atoms with Crippen LogP contribution in [0.25, 0.3) is 11.1 Å². The Hall–Kier alpha value is -3.59. The number of amides is 1. The zero-order valence-corrected chi connectivity index (χ0v) is 21.9. The smallest absolute Gasteiger partial charge is 0.268 e.